The van der Waals surface area contributed by atoms with E-state index in [9.17, 15) is 9.59 Å². The fraction of sp³-hybridized carbons (Fsp3) is 0.375. The van der Waals surface area contributed by atoms with Gasteiger partial charge in [0.25, 0.3) is 11.8 Å². The maximum Gasteiger partial charge on any atom is 0.272 e. The van der Waals surface area contributed by atoms with E-state index in [2.05, 4.69) is 20.5 Å². The van der Waals surface area contributed by atoms with Crippen LogP contribution in [0.3, 0.4) is 0 Å². The van der Waals surface area contributed by atoms with Gasteiger partial charge in [-0.05, 0) is 26.0 Å². The van der Waals surface area contributed by atoms with Gasteiger partial charge in [-0.25, -0.2) is 4.98 Å². The number of carbonyl (C=O) groups excluding carboxylic acids is 2. The minimum Gasteiger partial charge on any atom is -0.481 e. The van der Waals surface area contributed by atoms with Crippen LogP contribution in [0, 0.1) is 6.92 Å². The predicted molar refractivity (Wildman–Crippen MR) is 85.7 cm³/mol. The maximum atomic E-state index is 12.3. The van der Waals surface area contributed by atoms with Crippen molar-refractivity contribution in [1.29, 1.82) is 0 Å². The summed E-state index contributed by atoms with van der Waals surface area (Å²) in [4.78, 5) is 30.5. The zero-order chi connectivity index (χ0) is 17.3. The number of hydrogen-bond donors (Lipinski definition) is 2. The van der Waals surface area contributed by atoms with E-state index in [1.54, 1.807) is 17.0 Å². The highest BCUT2D eigenvalue weighted by atomic mass is 16.5. The summed E-state index contributed by atoms with van der Waals surface area (Å²) in [5.41, 5.74) is 3.05. The normalized spacial score (nSPS) is 13.1. The van der Waals surface area contributed by atoms with E-state index in [0.29, 0.717) is 41.5 Å². The van der Waals surface area contributed by atoms with Gasteiger partial charge in [-0.1, -0.05) is 0 Å². The van der Waals surface area contributed by atoms with E-state index in [-0.39, 0.29) is 18.4 Å². The molecule has 126 valence electrons. The van der Waals surface area contributed by atoms with Gasteiger partial charge in [0.1, 0.15) is 5.69 Å². The molecule has 24 heavy (non-hydrogen) atoms. The molecular weight excluding hydrogens is 310 g/mol. The van der Waals surface area contributed by atoms with Crippen LogP contribution in [-0.2, 0) is 13.1 Å². The van der Waals surface area contributed by atoms with Crippen molar-refractivity contribution in [3.63, 3.8) is 0 Å². The van der Waals surface area contributed by atoms with Crippen molar-refractivity contribution in [1.82, 2.24) is 25.4 Å². The van der Waals surface area contributed by atoms with Crippen molar-refractivity contribution in [3.05, 3.63) is 40.3 Å². The van der Waals surface area contributed by atoms with Crippen LogP contribution < -0.4 is 10.1 Å². The van der Waals surface area contributed by atoms with E-state index >= 15 is 0 Å². The first-order chi connectivity index (χ1) is 11.5. The molecule has 3 rings (SSSR count). The number of carbonyl (C=O) groups is 2. The lowest BCUT2D eigenvalue weighted by molar-refractivity contribution is 0.0786. The van der Waals surface area contributed by atoms with Crippen LogP contribution in [0.1, 0.15) is 44.7 Å². The number of H-pyrrole nitrogens is 1. The van der Waals surface area contributed by atoms with Gasteiger partial charge in [0, 0.05) is 24.3 Å². The Bertz CT molecular complexity index is 799. The molecule has 3 heterocycles. The first kappa shape index (κ1) is 16.0. The van der Waals surface area contributed by atoms with Crippen molar-refractivity contribution in [2.45, 2.75) is 26.9 Å². The molecule has 0 saturated carbocycles. The first-order valence-electron chi connectivity index (χ1n) is 7.69. The minimum atomic E-state index is -0.302. The molecular formula is C16H19N5O3. The van der Waals surface area contributed by atoms with E-state index in [1.807, 2.05) is 13.8 Å². The van der Waals surface area contributed by atoms with Gasteiger partial charge in [-0.15, -0.1) is 0 Å². The lowest BCUT2D eigenvalue weighted by Gasteiger charge is -2.10. The topological polar surface area (TPSA) is 100 Å². The first-order valence-corrected chi connectivity index (χ1v) is 7.69. The third kappa shape index (κ3) is 2.82. The number of fused-ring (bicyclic) bond motifs is 1. The number of aryl methyl sites for hydroxylation is 1. The average Bonchev–Trinajstić information content (AvgIpc) is 3.15. The molecule has 0 bridgehead atoms. The Labute approximate surface area is 139 Å². The molecule has 2 amide bonds. The summed E-state index contributed by atoms with van der Waals surface area (Å²) in [6.07, 6.45) is 0. The summed E-state index contributed by atoms with van der Waals surface area (Å²) in [5.74, 6) is 0.0691. The second-order valence-corrected chi connectivity index (χ2v) is 5.59. The molecule has 8 heteroatoms. The number of nitrogens with zero attached hydrogens (tertiary/aromatic N) is 3. The van der Waals surface area contributed by atoms with Crippen molar-refractivity contribution < 1.29 is 14.3 Å². The van der Waals surface area contributed by atoms with Crippen LogP contribution in [0.2, 0.25) is 0 Å². The van der Waals surface area contributed by atoms with Crippen LogP contribution in [0.5, 0.6) is 5.88 Å². The van der Waals surface area contributed by atoms with Gasteiger partial charge in [0.15, 0.2) is 0 Å². The molecule has 0 unspecified atom stereocenters. The van der Waals surface area contributed by atoms with Crippen LogP contribution in [0.15, 0.2) is 12.1 Å². The van der Waals surface area contributed by atoms with Crippen molar-refractivity contribution in [3.8, 4) is 5.88 Å². The maximum absolute atomic E-state index is 12.3. The molecule has 2 aromatic rings. The molecule has 0 fully saturated rings. The van der Waals surface area contributed by atoms with E-state index < -0.39 is 0 Å². The number of ether oxygens (including phenoxy) is 1. The number of methoxy groups -OCH3 is 1. The summed E-state index contributed by atoms with van der Waals surface area (Å²) < 4.78 is 5.30. The molecule has 2 aromatic heterocycles. The quantitative estimate of drug-likeness (QED) is 0.853. The highest BCUT2D eigenvalue weighted by Crippen LogP contribution is 2.26. The number of pyridine rings is 1. The van der Waals surface area contributed by atoms with E-state index in [0.717, 1.165) is 5.69 Å². The highest BCUT2D eigenvalue weighted by Gasteiger charge is 2.29. The Kier molecular flexibility index (Phi) is 4.20. The average molecular weight is 329 g/mol. The Balaban J connectivity index is 1.80. The Morgan fingerprint density at radius 2 is 2.25 bits per heavy atom. The van der Waals surface area contributed by atoms with Crippen molar-refractivity contribution in [2.24, 2.45) is 0 Å². The molecule has 0 spiro atoms. The fourth-order valence-corrected chi connectivity index (χ4v) is 2.66. The third-order valence-corrected chi connectivity index (χ3v) is 3.95. The zero-order valence-electron chi connectivity index (χ0n) is 13.8. The predicted octanol–water partition coefficient (Wildman–Crippen LogP) is 1.03. The number of amides is 2. The summed E-state index contributed by atoms with van der Waals surface area (Å²) in [6, 6.07) is 3.41. The lowest BCUT2D eigenvalue weighted by atomic mass is 10.1. The van der Waals surface area contributed by atoms with Gasteiger partial charge in [0.05, 0.1) is 24.9 Å². The summed E-state index contributed by atoms with van der Waals surface area (Å²) >= 11 is 0. The largest absolute Gasteiger partial charge is 0.481 e. The van der Waals surface area contributed by atoms with Crippen LogP contribution >= 0.6 is 0 Å². The molecule has 1 aliphatic heterocycles. The zero-order valence-corrected chi connectivity index (χ0v) is 13.8. The molecule has 0 aliphatic carbocycles. The van der Waals surface area contributed by atoms with Crippen LogP contribution in [0.4, 0.5) is 0 Å². The van der Waals surface area contributed by atoms with Gasteiger partial charge in [-0.3, -0.25) is 14.7 Å². The number of hydrogen-bond acceptors (Lipinski definition) is 5. The van der Waals surface area contributed by atoms with Crippen LogP contribution in [0.25, 0.3) is 0 Å². The second kappa shape index (κ2) is 6.31. The fourth-order valence-electron chi connectivity index (χ4n) is 2.66. The Morgan fingerprint density at radius 1 is 1.46 bits per heavy atom. The van der Waals surface area contributed by atoms with E-state index in [1.165, 1.54) is 7.11 Å². The minimum absolute atomic E-state index is 0.0434. The van der Waals surface area contributed by atoms with Gasteiger partial charge in [0.2, 0.25) is 5.88 Å². The smallest absolute Gasteiger partial charge is 0.272 e. The van der Waals surface area contributed by atoms with Gasteiger partial charge < -0.3 is 15.0 Å². The molecule has 1 aliphatic rings. The van der Waals surface area contributed by atoms with Crippen molar-refractivity contribution in [2.75, 3.05) is 13.7 Å². The number of aromatic nitrogens is 3. The monoisotopic (exact) mass is 329 g/mol. The number of nitrogens with one attached hydrogen (secondary N) is 2. The standard InChI is InChI=1S/C16H19N5O3/c1-4-21-8-13-11(16(21)23)6-10(15(18-13)24-3)7-17-14(22)12-5-9(2)19-20-12/h5-6H,4,7-8H2,1-3H3,(H,17,22)(H,19,20). The molecule has 0 atom stereocenters. The van der Waals surface area contributed by atoms with Crippen molar-refractivity contribution >= 4 is 11.8 Å². The van der Waals surface area contributed by atoms with Gasteiger partial charge in [-0.2, -0.15) is 5.10 Å². The highest BCUT2D eigenvalue weighted by molar-refractivity contribution is 5.98. The Hall–Kier alpha value is -2.90. The molecule has 0 radical (unpaired) electrons. The summed E-state index contributed by atoms with van der Waals surface area (Å²) in [6.45, 7) is 5.06. The van der Waals surface area contributed by atoms with Gasteiger partial charge >= 0.3 is 0 Å². The summed E-state index contributed by atoms with van der Waals surface area (Å²) in [5, 5.41) is 9.41. The SMILES string of the molecule is CCN1Cc2nc(OC)c(CNC(=O)c3cc(C)[nH]n3)cc2C1=O. The third-order valence-electron chi connectivity index (χ3n) is 3.95. The van der Waals surface area contributed by atoms with E-state index in [4.69, 9.17) is 4.74 Å². The number of rotatable bonds is 5. The molecule has 2 N–H and O–H groups in total. The Morgan fingerprint density at radius 3 is 2.88 bits per heavy atom. The molecule has 8 nitrogen and oxygen atoms in total. The van der Waals surface area contributed by atoms with Crippen LogP contribution in [-0.4, -0.2) is 45.6 Å². The lowest BCUT2D eigenvalue weighted by Crippen LogP contribution is -2.24. The summed E-state index contributed by atoms with van der Waals surface area (Å²) in [7, 11) is 1.52. The molecule has 0 saturated heterocycles. The number of aromatic amines is 1. The second-order valence-electron chi connectivity index (χ2n) is 5.59. The molecule has 0 aromatic carbocycles.